The summed E-state index contributed by atoms with van der Waals surface area (Å²) in [7, 11) is 3.37. The van der Waals surface area contributed by atoms with Crippen LogP contribution in [0.1, 0.15) is 29.7 Å². The number of carbonyl (C=O) groups is 1. The molecule has 3 aromatic rings. The van der Waals surface area contributed by atoms with Gasteiger partial charge in [0.2, 0.25) is 5.91 Å². The van der Waals surface area contributed by atoms with Gasteiger partial charge < -0.3 is 15.0 Å². The van der Waals surface area contributed by atoms with E-state index in [1.807, 2.05) is 35.0 Å². The molecular weight excluding hydrogens is 344 g/mol. The Morgan fingerprint density at radius 2 is 2.15 bits per heavy atom. The summed E-state index contributed by atoms with van der Waals surface area (Å²) in [5.41, 5.74) is 3.63. The maximum Gasteiger partial charge on any atom is 0.225 e. The van der Waals surface area contributed by atoms with Crippen molar-refractivity contribution >= 4 is 16.9 Å². The van der Waals surface area contributed by atoms with Crippen LogP contribution in [0.25, 0.3) is 11.0 Å². The first-order valence-corrected chi connectivity index (χ1v) is 9.10. The Balaban J connectivity index is 1.43. The number of benzene rings is 1. The monoisotopic (exact) mass is 368 g/mol. The van der Waals surface area contributed by atoms with Crippen molar-refractivity contribution in [2.24, 2.45) is 0 Å². The van der Waals surface area contributed by atoms with Crippen LogP contribution in [0.4, 0.5) is 0 Å². The molecule has 142 valence electrons. The second kappa shape index (κ2) is 7.13. The molecule has 0 fully saturated rings. The lowest BCUT2D eigenvalue weighted by Gasteiger charge is -2.26. The molecular formula is C19H24N6O2. The zero-order valence-corrected chi connectivity index (χ0v) is 15.6. The first-order valence-electron chi connectivity index (χ1n) is 9.10. The lowest BCUT2D eigenvalue weighted by atomic mass is 10.1. The van der Waals surface area contributed by atoms with Gasteiger partial charge in [0.15, 0.2) is 0 Å². The van der Waals surface area contributed by atoms with E-state index in [1.54, 1.807) is 14.1 Å². The Kier molecular flexibility index (Phi) is 4.67. The van der Waals surface area contributed by atoms with Gasteiger partial charge >= 0.3 is 0 Å². The number of para-hydroxylation sites is 2. The predicted octanol–water partition coefficient (Wildman–Crippen LogP) is 1.29. The molecule has 8 heteroatoms. The number of fused-ring (bicyclic) bond motifs is 2. The van der Waals surface area contributed by atoms with Crippen LogP contribution < -0.4 is 0 Å². The molecule has 0 radical (unpaired) electrons. The molecule has 1 aliphatic heterocycles. The molecule has 1 aromatic carbocycles. The fourth-order valence-corrected chi connectivity index (χ4v) is 3.39. The van der Waals surface area contributed by atoms with Gasteiger partial charge in [-0.1, -0.05) is 12.1 Å². The Morgan fingerprint density at radius 3 is 2.93 bits per heavy atom. The van der Waals surface area contributed by atoms with Crippen molar-refractivity contribution in [2.45, 2.75) is 32.2 Å². The fourth-order valence-electron chi connectivity index (χ4n) is 3.39. The average Bonchev–Trinajstić information content (AvgIpc) is 3.24. The van der Waals surface area contributed by atoms with Crippen molar-refractivity contribution < 1.29 is 9.90 Å². The van der Waals surface area contributed by atoms with Crippen molar-refractivity contribution in [3.8, 4) is 0 Å². The smallest absolute Gasteiger partial charge is 0.225 e. The molecule has 0 aliphatic carbocycles. The summed E-state index contributed by atoms with van der Waals surface area (Å²) in [5, 5.41) is 14.8. The molecule has 27 heavy (non-hydrogen) atoms. The Morgan fingerprint density at radius 1 is 1.33 bits per heavy atom. The van der Waals surface area contributed by atoms with E-state index in [0.717, 1.165) is 48.7 Å². The van der Waals surface area contributed by atoms with Gasteiger partial charge in [-0.25, -0.2) is 4.98 Å². The maximum absolute atomic E-state index is 11.8. The minimum atomic E-state index is -0.873. The standard InChI is InChI=1S/C19H24N6O2/c1-23(2)19(27)10-17(26)16-9-13-11-24(7-8-25(13)22-16)12-18-20-14-5-3-4-6-15(14)21-18/h3-6,9,17,26H,7-8,10-12H2,1-2H3,(H,20,21)/t17-/m0/s1. The molecule has 8 nitrogen and oxygen atoms in total. The number of amides is 1. The molecule has 1 aliphatic rings. The molecule has 0 bridgehead atoms. The third-order valence-corrected chi connectivity index (χ3v) is 4.92. The van der Waals surface area contributed by atoms with Gasteiger partial charge in [-0.2, -0.15) is 5.10 Å². The van der Waals surface area contributed by atoms with Gasteiger partial charge in [0.25, 0.3) is 0 Å². The lowest BCUT2D eigenvalue weighted by molar-refractivity contribution is -0.130. The highest BCUT2D eigenvalue weighted by molar-refractivity contribution is 5.76. The zero-order valence-electron chi connectivity index (χ0n) is 15.6. The minimum Gasteiger partial charge on any atom is -0.386 e. The van der Waals surface area contributed by atoms with Gasteiger partial charge in [0, 0.05) is 27.2 Å². The van der Waals surface area contributed by atoms with E-state index >= 15 is 0 Å². The number of hydrogen-bond donors (Lipinski definition) is 2. The molecule has 0 spiro atoms. The summed E-state index contributed by atoms with van der Waals surface area (Å²) >= 11 is 0. The van der Waals surface area contributed by atoms with Gasteiger partial charge in [0.1, 0.15) is 11.9 Å². The van der Waals surface area contributed by atoms with Gasteiger partial charge in [-0.05, 0) is 18.2 Å². The zero-order chi connectivity index (χ0) is 19.0. The number of rotatable bonds is 5. The van der Waals surface area contributed by atoms with Crippen molar-refractivity contribution in [1.82, 2.24) is 29.5 Å². The van der Waals surface area contributed by atoms with Crippen LogP contribution in [0, 0.1) is 0 Å². The second-order valence-corrected chi connectivity index (χ2v) is 7.20. The quantitative estimate of drug-likeness (QED) is 0.708. The molecule has 1 amide bonds. The number of aliphatic hydroxyl groups excluding tert-OH is 1. The number of hydrogen-bond acceptors (Lipinski definition) is 5. The predicted molar refractivity (Wildman–Crippen MR) is 101 cm³/mol. The Labute approximate surface area is 157 Å². The maximum atomic E-state index is 11.8. The van der Waals surface area contributed by atoms with Crippen LogP contribution in [0.15, 0.2) is 30.3 Å². The van der Waals surface area contributed by atoms with Crippen molar-refractivity contribution in [1.29, 1.82) is 0 Å². The number of carbonyl (C=O) groups excluding carboxylic acids is 1. The van der Waals surface area contributed by atoms with E-state index in [9.17, 15) is 9.90 Å². The molecule has 2 N–H and O–H groups in total. The van der Waals surface area contributed by atoms with Gasteiger partial charge in [-0.15, -0.1) is 0 Å². The summed E-state index contributed by atoms with van der Waals surface area (Å²) in [6, 6.07) is 9.92. The van der Waals surface area contributed by atoms with Crippen LogP contribution in [0.3, 0.4) is 0 Å². The summed E-state index contributed by atoms with van der Waals surface area (Å²) in [6.45, 7) is 3.08. The van der Waals surface area contributed by atoms with Crippen molar-refractivity contribution in [3.05, 3.63) is 47.5 Å². The van der Waals surface area contributed by atoms with E-state index in [4.69, 9.17) is 0 Å². The lowest BCUT2D eigenvalue weighted by Crippen LogP contribution is -2.33. The van der Waals surface area contributed by atoms with Gasteiger partial charge in [0.05, 0.1) is 41.9 Å². The number of nitrogens with zero attached hydrogens (tertiary/aromatic N) is 5. The topological polar surface area (TPSA) is 90.3 Å². The number of H-pyrrole nitrogens is 1. The highest BCUT2D eigenvalue weighted by Gasteiger charge is 2.23. The Hall–Kier alpha value is -2.71. The van der Waals surface area contributed by atoms with Crippen LogP contribution in [-0.2, 0) is 24.4 Å². The van der Waals surface area contributed by atoms with Crippen molar-refractivity contribution in [3.63, 3.8) is 0 Å². The SMILES string of the molecule is CN(C)C(=O)C[C@H](O)c1cc2n(n1)CCN(Cc1nc3ccccc3[nH]1)C2. The van der Waals surface area contributed by atoms with E-state index < -0.39 is 6.10 Å². The fraction of sp³-hybridized carbons (Fsp3) is 0.421. The molecule has 1 atom stereocenters. The molecule has 3 heterocycles. The highest BCUT2D eigenvalue weighted by atomic mass is 16.3. The van der Waals surface area contributed by atoms with Gasteiger partial charge in [-0.3, -0.25) is 14.4 Å². The van der Waals surface area contributed by atoms with E-state index in [1.165, 1.54) is 4.90 Å². The number of aliphatic hydroxyl groups is 1. The van der Waals surface area contributed by atoms with E-state index in [0.29, 0.717) is 5.69 Å². The van der Waals surface area contributed by atoms with Crippen LogP contribution in [-0.4, -0.2) is 61.2 Å². The molecule has 4 rings (SSSR count). The second-order valence-electron chi connectivity index (χ2n) is 7.20. The van der Waals surface area contributed by atoms with E-state index in [-0.39, 0.29) is 12.3 Å². The normalized spacial score (nSPS) is 15.7. The largest absolute Gasteiger partial charge is 0.386 e. The number of nitrogens with one attached hydrogen (secondary N) is 1. The van der Waals surface area contributed by atoms with Crippen molar-refractivity contribution in [2.75, 3.05) is 20.6 Å². The summed E-state index contributed by atoms with van der Waals surface area (Å²) in [6.07, 6.45) is -0.826. The summed E-state index contributed by atoms with van der Waals surface area (Å²) in [5.74, 6) is 0.834. The number of imidazole rings is 1. The third-order valence-electron chi connectivity index (χ3n) is 4.92. The minimum absolute atomic E-state index is 0.0478. The number of aromatic amines is 1. The Bertz CT molecular complexity index is 927. The first-order chi connectivity index (χ1) is 13.0. The van der Waals surface area contributed by atoms with Crippen LogP contribution in [0.2, 0.25) is 0 Å². The van der Waals surface area contributed by atoms with Crippen LogP contribution >= 0.6 is 0 Å². The van der Waals surface area contributed by atoms with Crippen LogP contribution in [0.5, 0.6) is 0 Å². The molecule has 0 saturated heterocycles. The highest BCUT2D eigenvalue weighted by Crippen LogP contribution is 2.22. The summed E-state index contributed by atoms with van der Waals surface area (Å²) < 4.78 is 1.92. The third kappa shape index (κ3) is 3.72. The molecule has 0 unspecified atom stereocenters. The average molecular weight is 368 g/mol. The molecule has 0 saturated carbocycles. The summed E-state index contributed by atoms with van der Waals surface area (Å²) in [4.78, 5) is 23.6. The van der Waals surface area contributed by atoms with E-state index in [2.05, 4.69) is 20.0 Å². The number of aromatic nitrogens is 4. The first kappa shape index (κ1) is 17.7. The molecule has 2 aromatic heterocycles.